The van der Waals surface area contributed by atoms with Gasteiger partial charge in [-0.25, -0.2) is 5.10 Å². The molecule has 0 aromatic carbocycles. The van der Waals surface area contributed by atoms with Gasteiger partial charge in [0.1, 0.15) is 5.02 Å². The number of halogens is 1. The molecule has 1 aliphatic rings. The highest BCUT2D eigenvalue weighted by Crippen LogP contribution is 2.23. The number of nitrogens with zero attached hydrogens (tertiary/aromatic N) is 2. The van der Waals surface area contributed by atoms with E-state index in [-0.39, 0.29) is 10.6 Å². The minimum atomic E-state index is -0.327. The lowest BCUT2D eigenvalue weighted by molar-refractivity contribution is 0.540. The molecular formula is C13H21ClN4O. The van der Waals surface area contributed by atoms with Crippen LogP contribution in [0.25, 0.3) is 0 Å². The number of nitrogens with one attached hydrogen (secondary N) is 2. The molecular weight excluding hydrogens is 264 g/mol. The zero-order valence-electron chi connectivity index (χ0n) is 11.4. The van der Waals surface area contributed by atoms with Crippen LogP contribution in [0, 0.1) is 5.92 Å². The normalized spacial score (nSPS) is 19.1. The molecule has 19 heavy (non-hydrogen) atoms. The number of hydrogen-bond donors (Lipinski definition) is 2. The topological polar surface area (TPSA) is 61.0 Å². The van der Waals surface area contributed by atoms with Crippen molar-refractivity contribution in [3.05, 3.63) is 21.6 Å². The highest BCUT2D eigenvalue weighted by molar-refractivity contribution is 6.32. The monoisotopic (exact) mass is 284 g/mol. The first-order chi connectivity index (χ1) is 9.08. The molecule has 0 bridgehead atoms. The molecule has 5 nitrogen and oxygen atoms in total. The quantitative estimate of drug-likeness (QED) is 0.863. The van der Waals surface area contributed by atoms with E-state index in [2.05, 4.69) is 34.3 Å². The highest BCUT2D eigenvalue weighted by Gasteiger charge is 2.21. The van der Waals surface area contributed by atoms with Gasteiger partial charge in [0.2, 0.25) is 0 Å². The molecule has 2 heterocycles. The lowest BCUT2D eigenvalue weighted by Crippen LogP contribution is -2.40. The van der Waals surface area contributed by atoms with Crippen LogP contribution in [-0.2, 0) is 0 Å². The summed E-state index contributed by atoms with van der Waals surface area (Å²) in [6.07, 6.45) is 4.02. The van der Waals surface area contributed by atoms with Gasteiger partial charge in [0, 0.05) is 19.1 Å². The summed E-state index contributed by atoms with van der Waals surface area (Å²) in [7, 11) is 0. The zero-order chi connectivity index (χ0) is 13.8. The van der Waals surface area contributed by atoms with Crippen LogP contribution >= 0.6 is 11.6 Å². The number of anilines is 1. The van der Waals surface area contributed by atoms with Gasteiger partial charge in [0.05, 0.1) is 11.9 Å². The van der Waals surface area contributed by atoms with Gasteiger partial charge in [0.15, 0.2) is 0 Å². The Bertz CT molecular complexity index is 468. The van der Waals surface area contributed by atoms with E-state index >= 15 is 0 Å². The minimum Gasteiger partial charge on any atom is -0.367 e. The van der Waals surface area contributed by atoms with Crippen LogP contribution in [0.4, 0.5) is 5.69 Å². The van der Waals surface area contributed by atoms with Crippen molar-refractivity contribution in [2.45, 2.75) is 32.7 Å². The first kappa shape index (κ1) is 14.3. The van der Waals surface area contributed by atoms with E-state index in [0.717, 1.165) is 25.3 Å². The summed E-state index contributed by atoms with van der Waals surface area (Å²) in [5.74, 6) is 0.497. The van der Waals surface area contributed by atoms with E-state index in [1.165, 1.54) is 12.8 Å². The van der Waals surface area contributed by atoms with Crippen LogP contribution in [0.15, 0.2) is 11.0 Å². The second-order valence-electron chi connectivity index (χ2n) is 5.49. The van der Waals surface area contributed by atoms with Crippen molar-refractivity contribution in [2.24, 2.45) is 5.92 Å². The van der Waals surface area contributed by atoms with Gasteiger partial charge in [-0.1, -0.05) is 25.4 Å². The Hall–Kier alpha value is -1.07. The Morgan fingerprint density at radius 2 is 2.37 bits per heavy atom. The first-order valence-electron chi connectivity index (χ1n) is 6.79. The molecule has 1 fully saturated rings. The third-order valence-corrected chi connectivity index (χ3v) is 3.67. The summed E-state index contributed by atoms with van der Waals surface area (Å²) >= 11 is 6.11. The number of H-pyrrole nitrogens is 1. The Morgan fingerprint density at radius 1 is 1.58 bits per heavy atom. The van der Waals surface area contributed by atoms with Crippen LogP contribution in [-0.4, -0.2) is 35.9 Å². The summed E-state index contributed by atoms with van der Waals surface area (Å²) in [6.45, 7) is 7.11. The molecule has 2 N–H and O–H groups in total. The second kappa shape index (κ2) is 6.39. The maximum Gasteiger partial charge on any atom is 0.285 e. The third kappa shape index (κ3) is 3.70. The fraction of sp³-hybridized carbons (Fsp3) is 0.692. The second-order valence-corrected chi connectivity index (χ2v) is 5.87. The molecule has 0 spiro atoms. The predicted octanol–water partition coefficient (Wildman–Crippen LogP) is 1.64. The summed E-state index contributed by atoms with van der Waals surface area (Å²) < 4.78 is 0. The van der Waals surface area contributed by atoms with Gasteiger partial charge in [-0.15, -0.1) is 0 Å². The molecule has 1 aromatic rings. The highest BCUT2D eigenvalue weighted by atomic mass is 35.5. The van der Waals surface area contributed by atoms with E-state index in [1.807, 2.05) is 0 Å². The molecule has 1 aromatic heterocycles. The Labute approximate surface area is 118 Å². The smallest absolute Gasteiger partial charge is 0.285 e. The van der Waals surface area contributed by atoms with Crippen molar-refractivity contribution in [3.8, 4) is 0 Å². The van der Waals surface area contributed by atoms with Gasteiger partial charge in [-0.3, -0.25) is 4.79 Å². The Kier molecular flexibility index (Phi) is 4.82. The van der Waals surface area contributed by atoms with E-state index in [9.17, 15) is 4.79 Å². The molecule has 0 aliphatic carbocycles. The number of hydrogen-bond acceptors (Lipinski definition) is 4. The molecule has 106 valence electrons. The Morgan fingerprint density at radius 3 is 3.00 bits per heavy atom. The van der Waals surface area contributed by atoms with E-state index < -0.39 is 0 Å². The molecule has 0 radical (unpaired) electrons. The summed E-state index contributed by atoms with van der Waals surface area (Å²) in [5, 5.41) is 9.93. The maximum atomic E-state index is 11.6. The summed E-state index contributed by atoms with van der Waals surface area (Å²) in [6, 6.07) is 0.467. The van der Waals surface area contributed by atoms with Crippen molar-refractivity contribution < 1.29 is 0 Å². The standard InChI is InChI=1S/C13H21ClN4O/c1-9(2)7-18(8-10-4-3-5-15-10)11-6-16-17-13(19)12(11)14/h6,9-10,15H,3-5,7-8H2,1-2H3,(H,17,19). The Balaban J connectivity index is 2.20. The lowest BCUT2D eigenvalue weighted by Gasteiger charge is -2.29. The average molecular weight is 285 g/mol. The third-order valence-electron chi connectivity index (χ3n) is 3.31. The van der Waals surface area contributed by atoms with Gasteiger partial charge >= 0.3 is 0 Å². The van der Waals surface area contributed by atoms with E-state index in [0.29, 0.717) is 12.0 Å². The van der Waals surface area contributed by atoms with E-state index in [4.69, 9.17) is 11.6 Å². The van der Waals surface area contributed by atoms with Crippen molar-refractivity contribution in [1.82, 2.24) is 15.5 Å². The number of aromatic amines is 1. The van der Waals surface area contributed by atoms with Gasteiger partial charge in [-0.05, 0) is 25.3 Å². The van der Waals surface area contributed by atoms with Crippen molar-refractivity contribution in [2.75, 3.05) is 24.5 Å². The number of rotatable bonds is 5. The molecule has 1 unspecified atom stereocenters. The SMILES string of the molecule is CC(C)CN(CC1CCCN1)c1cn[nH]c(=O)c1Cl. The van der Waals surface area contributed by atoms with Crippen LogP contribution < -0.4 is 15.8 Å². The van der Waals surface area contributed by atoms with Gasteiger partial charge in [0.25, 0.3) is 5.56 Å². The minimum absolute atomic E-state index is 0.230. The maximum absolute atomic E-state index is 11.6. The molecule has 1 saturated heterocycles. The van der Waals surface area contributed by atoms with E-state index in [1.54, 1.807) is 6.20 Å². The summed E-state index contributed by atoms with van der Waals surface area (Å²) in [5.41, 5.74) is 0.403. The fourth-order valence-electron chi connectivity index (χ4n) is 2.49. The largest absolute Gasteiger partial charge is 0.367 e. The average Bonchev–Trinajstić information content (AvgIpc) is 2.84. The predicted molar refractivity (Wildman–Crippen MR) is 77.9 cm³/mol. The number of aromatic nitrogens is 2. The molecule has 1 aliphatic heterocycles. The zero-order valence-corrected chi connectivity index (χ0v) is 12.2. The summed E-state index contributed by atoms with van der Waals surface area (Å²) in [4.78, 5) is 13.7. The molecule has 1 atom stereocenters. The lowest BCUT2D eigenvalue weighted by atomic mass is 10.1. The van der Waals surface area contributed by atoms with Crippen LogP contribution in [0.3, 0.4) is 0 Å². The van der Waals surface area contributed by atoms with Gasteiger partial charge < -0.3 is 10.2 Å². The molecule has 2 rings (SSSR count). The first-order valence-corrected chi connectivity index (χ1v) is 7.17. The van der Waals surface area contributed by atoms with Crippen molar-refractivity contribution in [1.29, 1.82) is 0 Å². The van der Waals surface area contributed by atoms with Crippen LogP contribution in [0.1, 0.15) is 26.7 Å². The van der Waals surface area contributed by atoms with Crippen LogP contribution in [0.5, 0.6) is 0 Å². The molecule has 0 saturated carbocycles. The van der Waals surface area contributed by atoms with Crippen molar-refractivity contribution >= 4 is 17.3 Å². The molecule has 0 amide bonds. The van der Waals surface area contributed by atoms with Crippen LogP contribution in [0.2, 0.25) is 5.02 Å². The van der Waals surface area contributed by atoms with Gasteiger partial charge in [-0.2, -0.15) is 5.10 Å². The molecule has 6 heteroatoms. The van der Waals surface area contributed by atoms with Crippen molar-refractivity contribution in [3.63, 3.8) is 0 Å². The fourth-order valence-corrected chi connectivity index (χ4v) is 2.70.